The van der Waals surface area contributed by atoms with Crippen molar-refractivity contribution in [2.24, 2.45) is 5.92 Å². The molecule has 0 saturated heterocycles. The number of hydrogen-bond acceptors (Lipinski definition) is 3. The van der Waals surface area contributed by atoms with E-state index in [9.17, 15) is 4.79 Å². The molecule has 23 heavy (non-hydrogen) atoms. The van der Waals surface area contributed by atoms with Crippen molar-refractivity contribution in [3.8, 4) is 0 Å². The Labute approximate surface area is 137 Å². The summed E-state index contributed by atoms with van der Waals surface area (Å²) in [7, 11) is 0. The lowest BCUT2D eigenvalue weighted by Crippen LogP contribution is -2.43. The van der Waals surface area contributed by atoms with Gasteiger partial charge in [0.15, 0.2) is 0 Å². The number of nitrogens with zero attached hydrogens (tertiary/aromatic N) is 3. The van der Waals surface area contributed by atoms with Gasteiger partial charge in [-0.15, -0.1) is 0 Å². The minimum absolute atomic E-state index is 0.00962. The molecule has 0 radical (unpaired) electrons. The summed E-state index contributed by atoms with van der Waals surface area (Å²) >= 11 is 0. The molecule has 120 valence electrons. The maximum Gasteiger partial charge on any atom is 0.274 e. The number of amides is 1. The molecule has 0 spiro atoms. The first kappa shape index (κ1) is 15.7. The lowest BCUT2D eigenvalue weighted by atomic mass is 9.99. The molecule has 1 saturated carbocycles. The molecule has 1 aromatic carbocycles. The Morgan fingerprint density at radius 3 is 2.57 bits per heavy atom. The van der Waals surface area contributed by atoms with Crippen molar-refractivity contribution in [3.63, 3.8) is 0 Å². The lowest BCUT2D eigenvalue weighted by Gasteiger charge is -2.31. The fourth-order valence-electron chi connectivity index (χ4n) is 3.06. The molecule has 4 heteroatoms. The van der Waals surface area contributed by atoms with Crippen LogP contribution in [0.1, 0.15) is 41.4 Å². The second-order valence-electron chi connectivity index (χ2n) is 6.28. The van der Waals surface area contributed by atoms with Crippen molar-refractivity contribution in [1.82, 2.24) is 14.9 Å². The Hall–Kier alpha value is -2.23. The zero-order valence-corrected chi connectivity index (χ0v) is 13.8. The van der Waals surface area contributed by atoms with Gasteiger partial charge in [-0.05, 0) is 44.6 Å². The summed E-state index contributed by atoms with van der Waals surface area (Å²) in [4.78, 5) is 23.0. The normalized spacial score (nSPS) is 15.2. The summed E-state index contributed by atoms with van der Waals surface area (Å²) in [6.07, 6.45) is 8.05. The molecule has 1 amide bonds. The summed E-state index contributed by atoms with van der Waals surface area (Å²) in [5, 5.41) is 0. The largest absolute Gasteiger partial charge is 0.334 e. The molecule has 0 N–H and O–H groups in total. The molecular weight excluding hydrogens is 286 g/mol. The monoisotopic (exact) mass is 309 g/mol. The minimum Gasteiger partial charge on any atom is -0.334 e. The number of benzene rings is 1. The van der Waals surface area contributed by atoms with Crippen molar-refractivity contribution < 1.29 is 4.79 Å². The van der Waals surface area contributed by atoms with Gasteiger partial charge < -0.3 is 4.90 Å². The highest BCUT2D eigenvalue weighted by Crippen LogP contribution is 2.37. The van der Waals surface area contributed by atoms with Crippen molar-refractivity contribution in [2.45, 2.75) is 39.2 Å². The van der Waals surface area contributed by atoms with Gasteiger partial charge in [0.05, 0.1) is 6.20 Å². The van der Waals surface area contributed by atoms with Crippen molar-refractivity contribution in [2.75, 3.05) is 6.54 Å². The highest BCUT2D eigenvalue weighted by molar-refractivity contribution is 5.92. The van der Waals surface area contributed by atoms with Crippen LogP contribution in [-0.4, -0.2) is 33.4 Å². The molecule has 1 aromatic heterocycles. The number of hydrogen-bond donors (Lipinski definition) is 0. The Morgan fingerprint density at radius 2 is 2.00 bits per heavy atom. The third-order valence-corrected chi connectivity index (χ3v) is 4.52. The second-order valence-corrected chi connectivity index (χ2v) is 6.28. The molecule has 4 nitrogen and oxygen atoms in total. The zero-order chi connectivity index (χ0) is 16.2. The maximum absolute atomic E-state index is 12.8. The molecule has 1 aliphatic carbocycles. The van der Waals surface area contributed by atoms with Crippen molar-refractivity contribution in [1.29, 1.82) is 0 Å². The topological polar surface area (TPSA) is 46.1 Å². The lowest BCUT2D eigenvalue weighted by molar-refractivity contribution is 0.0659. The quantitative estimate of drug-likeness (QED) is 0.822. The minimum atomic E-state index is -0.00962. The fourth-order valence-corrected chi connectivity index (χ4v) is 3.06. The van der Waals surface area contributed by atoms with Gasteiger partial charge in [0.25, 0.3) is 5.91 Å². The van der Waals surface area contributed by atoms with E-state index in [1.54, 1.807) is 18.6 Å². The van der Waals surface area contributed by atoms with Crippen LogP contribution in [0.5, 0.6) is 0 Å². The molecule has 1 aliphatic rings. The number of carbonyl (C=O) groups is 1. The summed E-state index contributed by atoms with van der Waals surface area (Å²) in [6.45, 7) is 4.83. The SMILES string of the molecule is CCN(C(=O)c1cnccn1)[C@@H](Cc1ccc(C)cc1)C1CC1. The van der Waals surface area contributed by atoms with Crippen LogP contribution in [0.2, 0.25) is 0 Å². The number of carbonyl (C=O) groups excluding carboxylic acids is 1. The van der Waals surface area contributed by atoms with Gasteiger partial charge in [0, 0.05) is 25.0 Å². The van der Waals surface area contributed by atoms with Gasteiger partial charge in [-0.3, -0.25) is 9.78 Å². The Bertz CT molecular complexity index is 650. The first-order valence-corrected chi connectivity index (χ1v) is 8.31. The van der Waals surface area contributed by atoms with Crippen LogP contribution in [0.3, 0.4) is 0 Å². The third kappa shape index (κ3) is 3.76. The molecule has 0 aliphatic heterocycles. The zero-order valence-electron chi connectivity index (χ0n) is 13.8. The average molecular weight is 309 g/mol. The summed E-state index contributed by atoms with van der Waals surface area (Å²) in [5.74, 6) is 0.599. The van der Waals surface area contributed by atoms with Gasteiger partial charge in [-0.25, -0.2) is 4.98 Å². The van der Waals surface area contributed by atoms with E-state index < -0.39 is 0 Å². The van der Waals surface area contributed by atoms with E-state index in [2.05, 4.69) is 41.2 Å². The van der Waals surface area contributed by atoms with Gasteiger partial charge in [0.2, 0.25) is 0 Å². The van der Waals surface area contributed by atoms with E-state index >= 15 is 0 Å². The Balaban J connectivity index is 1.80. The van der Waals surface area contributed by atoms with Crippen LogP contribution >= 0.6 is 0 Å². The first-order valence-electron chi connectivity index (χ1n) is 8.31. The van der Waals surface area contributed by atoms with Crippen molar-refractivity contribution in [3.05, 3.63) is 59.7 Å². The van der Waals surface area contributed by atoms with Crippen LogP contribution in [0.4, 0.5) is 0 Å². The predicted molar refractivity (Wildman–Crippen MR) is 90.1 cm³/mol. The van der Waals surface area contributed by atoms with Gasteiger partial charge in [-0.1, -0.05) is 29.8 Å². The molecule has 2 aromatic rings. The fraction of sp³-hybridized carbons (Fsp3) is 0.421. The van der Waals surface area contributed by atoms with Crippen LogP contribution < -0.4 is 0 Å². The van der Waals surface area contributed by atoms with Crippen LogP contribution in [0.15, 0.2) is 42.9 Å². The van der Waals surface area contributed by atoms with Crippen molar-refractivity contribution >= 4 is 5.91 Å². The molecular formula is C19H23N3O. The summed E-state index contributed by atoms with van der Waals surface area (Å²) in [6, 6.07) is 8.87. The van der Waals surface area contributed by atoms with Crippen LogP contribution in [0.25, 0.3) is 0 Å². The highest BCUT2D eigenvalue weighted by Gasteiger charge is 2.37. The Morgan fingerprint density at radius 1 is 1.26 bits per heavy atom. The van der Waals surface area contributed by atoms with E-state index in [1.165, 1.54) is 24.0 Å². The first-order chi connectivity index (χ1) is 11.2. The van der Waals surface area contributed by atoms with E-state index in [4.69, 9.17) is 0 Å². The van der Waals surface area contributed by atoms with E-state index in [-0.39, 0.29) is 11.9 Å². The van der Waals surface area contributed by atoms with Gasteiger partial charge in [0.1, 0.15) is 5.69 Å². The summed E-state index contributed by atoms with van der Waals surface area (Å²) in [5.41, 5.74) is 2.99. The highest BCUT2D eigenvalue weighted by atomic mass is 16.2. The molecule has 0 unspecified atom stereocenters. The van der Waals surface area contributed by atoms with E-state index in [0.717, 1.165) is 6.42 Å². The molecule has 1 atom stereocenters. The van der Waals surface area contributed by atoms with Gasteiger partial charge in [-0.2, -0.15) is 0 Å². The maximum atomic E-state index is 12.8. The molecule has 1 fully saturated rings. The molecule has 0 bridgehead atoms. The van der Waals surface area contributed by atoms with Gasteiger partial charge >= 0.3 is 0 Å². The van der Waals surface area contributed by atoms with Crippen LogP contribution in [-0.2, 0) is 6.42 Å². The number of aryl methyl sites for hydroxylation is 1. The van der Waals surface area contributed by atoms with E-state index in [0.29, 0.717) is 18.2 Å². The molecule has 1 heterocycles. The number of rotatable bonds is 6. The average Bonchev–Trinajstić information content (AvgIpc) is 3.42. The smallest absolute Gasteiger partial charge is 0.274 e. The standard InChI is InChI=1S/C19H23N3O/c1-3-22(19(23)17-13-20-10-11-21-17)18(16-8-9-16)12-15-6-4-14(2)5-7-15/h4-7,10-11,13,16,18H,3,8-9,12H2,1-2H3/t18-/m0/s1. The van der Waals surface area contributed by atoms with Crippen LogP contribution in [0, 0.1) is 12.8 Å². The Kier molecular flexibility index (Phi) is 4.70. The number of aromatic nitrogens is 2. The predicted octanol–water partition coefficient (Wildman–Crippen LogP) is 3.27. The number of likely N-dealkylation sites (N-methyl/N-ethyl adjacent to an activating group) is 1. The molecule has 3 rings (SSSR count). The van der Waals surface area contributed by atoms with E-state index in [1.807, 2.05) is 11.8 Å². The summed E-state index contributed by atoms with van der Waals surface area (Å²) < 4.78 is 0. The third-order valence-electron chi connectivity index (χ3n) is 4.52. The second kappa shape index (κ2) is 6.90.